The Bertz CT molecular complexity index is 450. The van der Waals surface area contributed by atoms with Gasteiger partial charge in [0.25, 0.3) is 0 Å². The van der Waals surface area contributed by atoms with E-state index in [-0.39, 0.29) is 5.82 Å². The highest BCUT2D eigenvalue weighted by Crippen LogP contribution is 2.37. The normalized spacial score (nSPS) is 11.0. The van der Waals surface area contributed by atoms with E-state index in [0.717, 1.165) is 14.1 Å². The maximum absolute atomic E-state index is 13.3. The predicted molar refractivity (Wildman–Crippen MR) is 61.3 cm³/mol. The number of benzene rings is 1. The van der Waals surface area contributed by atoms with Crippen LogP contribution in [0.5, 0.6) is 0 Å². The Morgan fingerprint density at radius 2 is 2.23 bits per heavy atom. The van der Waals surface area contributed by atoms with E-state index in [1.54, 1.807) is 17.1 Å². The van der Waals surface area contributed by atoms with E-state index >= 15 is 0 Å². The van der Waals surface area contributed by atoms with Gasteiger partial charge in [-0.2, -0.15) is 0 Å². The molecule has 1 heterocycles. The van der Waals surface area contributed by atoms with E-state index in [4.69, 9.17) is 0 Å². The largest absolute Gasteiger partial charge is 0.205 e. The molecule has 13 heavy (non-hydrogen) atoms. The van der Waals surface area contributed by atoms with Crippen molar-refractivity contribution in [3.8, 4) is 0 Å². The third-order valence-electron chi connectivity index (χ3n) is 1.82. The molecule has 0 unspecified atom stereocenters. The molecule has 0 bridgehead atoms. The van der Waals surface area contributed by atoms with Crippen LogP contribution in [-0.2, 0) is 0 Å². The minimum Gasteiger partial charge on any atom is -0.205 e. The Morgan fingerprint density at radius 3 is 2.92 bits per heavy atom. The van der Waals surface area contributed by atoms with E-state index in [9.17, 15) is 4.39 Å². The monoisotopic (exact) mass is 276 g/mol. The van der Waals surface area contributed by atoms with Crippen LogP contribution in [0.4, 0.5) is 4.39 Å². The fourth-order valence-corrected chi connectivity index (χ4v) is 3.64. The Hall–Kier alpha value is -0.0600. The zero-order valence-electron chi connectivity index (χ0n) is 6.80. The molecule has 0 N–H and O–H groups in total. The average Bonchev–Trinajstić information content (AvgIpc) is 2.49. The van der Waals surface area contributed by atoms with Gasteiger partial charge in [0.05, 0.1) is 0 Å². The number of thiophene rings is 1. The molecule has 0 saturated heterocycles. The van der Waals surface area contributed by atoms with Crippen molar-refractivity contribution in [2.75, 3.05) is 6.26 Å². The van der Waals surface area contributed by atoms with Crippen molar-refractivity contribution in [1.29, 1.82) is 0 Å². The minimum atomic E-state index is -0.136. The Labute approximate surface area is 92.3 Å². The van der Waals surface area contributed by atoms with Crippen molar-refractivity contribution in [3.63, 3.8) is 0 Å². The van der Waals surface area contributed by atoms with Crippen LogP contribution in [0, 0.1) is 5.82 Å². The van der Waals surface area contributed by atoms with E-state index in [0.29, 0.717) is 5.39 Å². The van der Waals surface area contributed by atoms with Crippen molar-refractivity contribution in [1.82, 2.24) is 0 Å². The number of fused-ring (bicyclic) bond motifs is 1. The first-order valence-electron chi connectivity index (χ1n) is 3.63. The van der Waals surface area contributed by atoms with Gasteiger partial charge in [-0.1, -0.05) is 0 Å². The van der Waals surface area contributed by atoms with Crippen molar-refractivity contribution in [2.45, 2.75) is 4.90 Å². The number of rotatable bonds is 1. The Balaban J connectivity index is 2.83. The molecule has 2 rings (SSSR count). The summed E-state index contributed by atoms with van der Waals surface area (Å²) >= 11 is 6.46. The molecule has 0 spiro atoms. The molecule has 0 saturated carbocycles. The molecule has 0 aliphatic carbocycles. The van der Waals surface area contributed by atoms with Gasteiger partial charge in [-0.25, -0.2) is 4.39 Å². The minimum absolute atomic E-state index is 0.136. The molecular formula is C9H6BrFS2. The fraction of sp³-hybridized carbons (Fsp3) is 0.111. The van der Waals surface area contributed by atoms with Crippen LogP contribution in [0.15, 0.2) is 26.9 Å². The number of thioether (sulfide) groups is 1. The first-order valence-corrected chi connectivity index (χ1v) is 6.53. The topological polar surface area (TPSA) is 0 Å². The molecule has 0 amide bonds. The van der Waals surface area contributed by atoms with Crippen LogP contribution >= 0.6 is 39.0 Å². The van der Waals surface area contributed by atoms with Crippen molar-refractivity contribution in [3.05, 3.63) is 27.8 Å². The summed E-state index contributed by atoms with van der Waals surface area (Å²) in [5.74, 6) is -0.136. The van der Waals surface area contributed by atoms with Crippen LogP contribution < -0.4 is 0 Å². The zero-order valence-corrected chi connectivity index (χ0v) is 10.0. The summed E-state index contributed by atoms with van der Waals surface area (Å²) in [5, 5.41) is 2.25. The molecular weight excluding hydrogens is 271 g/mol. The van der Waals surface area contributed by atoms with Gasteiger partial charge >= 0.3 is 0 Å². The number of hydrogen-bond acceptors (Lipinski definition) is 2. The molecule has 0 radical (unpaired) electrons. The van der Waals surface area contributed by atoms with Gasteiger partial charge in [-0.3, -0.25) is 0 Å². The molecule has 0 atom stereocenters. The maximum Gasteiger partial charge on any atom is 0.142 e. The summed E-state index contributed by atoms with van der Waals surface area (Å²) < 4.78 is 15.2. The highest BCUT2D eigenvalue weighted by atomic mass is 79.9. The van der Waals surface area contributed by atoms with Crippen molar-refractivity contribution >= 4 is 49.1 Å². The van der Waals surface area contributed by atoms with Gasteiger partial charge in [-0.15, -0.1) is 23.1 Å². The Morgan fingerprint density at radius 1 is 1.46 bits per heavy atom. The third kappa shape index (κ3) is 1.51. The standard InChI is InChI=1S/C9H6BrFS2/c1-12-7-3-2-6-8(9(7)10)5(11)4-13-6/h2-4H,1H3. The number of hydrogen-bond donors (Lipinski definition) is 0. The lowest BCUT2D eigenvalue weighted by molar-refractivity contribution is 0.643. The van der Waals surface area contributed by atoms with Crippen LogP contribution in [0.3, 0.4) is 0 Å². The van der Waals surface area contributed by atoms with Crippen LogP contribution in [0.1, 0.15) is 0 Å². The average molecular weight is 277 g/mol. The molecule has 0 nitrogen and oxygen atoms in total. The lowest BCUT2D eigenvalue weighted by atomic mass is 10.2. The number of halogens is 2. The smallest absolute Gasteiger partial charge is 0.142 e. The summed E-state index contributed by atoms with van der Waals surface area (Å²) in [4.78, 5) is 1.07. The van der Waals surface area contributed by atoms with Gasteiger partial charge in [0, 0.05) is 24.8 Å². The highest BCUT2D eigenvalue weighted by Gasteiger charge is 2.10. The second kappa shape index (κ2) is 3.59. The van der Waals surface area contributed by atoms with E-state index < -0.39 is 0 Å². The second-order valence-electron chi connectivity index (χ2n) is 2.54. The molecule has 0 aliphatic rings. The van der Waals surface area contributed by atoms with E-state index in [2.05, 4.69) is 15.9 Å². The van der Waals surface area contributed by atoms with Crippen molar-refractivity contribution in [2.24, 2.45) is 0 Å². The zero-order chi connectivity index (χ0) is 9.42. The molecule has 1 aromatic heterocycles. The Kier molecular flexibility index (Phi) is 2.62. The van der Waals surface area contributed by atoms with Gasteiger partial charge < -0.3 is 0 Å². The summed E-state index contributed by atoms with van der Waals surface area (Å²) in [5.41, 5.74) is 0. The molecule has 1 aromatic carbocycles. The molecule has 0 fully saturated rings. The third-order valence-corrected chi connectivity index (χ3v) is 4.60. The highest BCUT2D eigenvalue weighted by molar-refractivity contribution is 9.10. The van der Waals surface area contributed by atoms with Gasteiger partial charge in [0.2, 0.25) is 0 Å². The van der Waals surface area contributed by atoms with E-state index in [1.165, 1.54) is 11.3 Å². The van der Waals surface area contributed by atoms with Gasteiger partial charge in [0.1, 0.15) is 5.82 Å². The summed E-state index contributed by atoms with van der Waals surface area (Å²) in [6.45, 7) is 0. The first kappa shape index (κ1) is 9.49. The van der Waals surface area contributed by atoms with Crippen molar-refractivity contribution < 1.29 is 4.39 Å². The van der Waals surface area contributed by atoms with Gasteiger partial charge in [-0.05, 0) is 34.3 Å². The van der Waals surface area contributed by atoms with Crippen LogP contribution in [0.25, 0.3) is 10.1 Å². The SMILES string of the molecule is CSc1ccc2scc(F)c2c1Br. The maximum atomic E-state index is 13.3. The van der Waals surface area contributed by atoms with E-state index in [1.807, 2.05) is 18.4 Å². The van der Waals surface area contributed by atoms with Crippen LogP contribution in [0.2, 0.25) is 0 Å². The lowest BCUT2D eigenvalue weighted by Gasteiger charge is -2.01. The first-order chi connectivity index (χ1) is 6.24. The quantitative estimate of drug-likeness (QED) is 0.690. The lowest BCUT2D eigenvalue weighted by Crippen LogP contribution is -1.76. The van der Waals surface area contributed by atoms with Gasteiger partial charge in [0.15, 0.2) is 0 Å². The van der Waals surface area contributed by atoms with Crippen LogP contribution in [-0.4, -0.2) is 6.26 Å². The second-order valence-corrected chi connectivity index (χ2v) is 5.09. The summed E-state index contributed by atoms with van der Waals surface area (Å²) in [6, 6.07) is 3.96. The summed E-state index contributed by atoms with van der Waals surface area (Å²) in [6.07, 6.45) is 1.98. The molecule has 0 aliphatic heterocycles. The fourth-order valence-electron chi connectivity index (χ4n) is 1.19. The summed E-state index contributed by atoms with van der Waals surface area (Å²) in [7, 11) is 0. The molecule has 4 heteroatoms. The molecule has 2 aromatic rings. The molecule has 68 valence electrons. The predicted octanol–water partition coefficient (Wildman–Crippen LogP) is 4.52.